The van der Waals surface area contributed by atoms with E-state index in [1.54, 1.807) is 25.1 Å². The summed E-state index contributed by atoms with van der Waals surface area (Å²) in [4.78, 5) is 24.2. The van der Waals surface area contributed by atoms with E-state index in [4.69, 9.17) is 23.2 Å². The van der Waals surface area contributed by atoms with Crippen LogP contribution in [0.3, 0.4) is 0 Å². The van der Waals surface area contributed by atoms with Gasteiger partial charge >= 0.3 is 5.69 Å². The van der Waals surface area contributed by atoms with Gasteiger partial charge in [-0.3, -0.25) is 4.79 Å². The molecule has 3 aromatic rings. The Balaban J connectivity index is 1.75. The molecule has 0 saturated carbocycles. The van der Waals surface area contributed by atoms with Gasteiger partial charge in [-0.05, 0) is 24.6 Å². The van der Waals surface area contributed by atoms with Crippen molar-refractivity contribution < 1.29 is 9.18 Å². The zero-order chi connectivity index (χ0) is 18.1. The highest BCUT2D eigenvalue weighted by atomic mass is 35.5. The lowest BCUT2D eigenvalue weighted by Crippen LogP contribution is -2.34. The molecule has 25 heavy (non-hydrogen) atoms. The first kappa shape index (κ1) is 17.4. The van der Waals surface area contributed by atoms with Crippen LogP contribution in [0.2, 0.25) is 10.0 Å². The maximum Gasteiger partial charge on any atom is 0.367 e. The fraction of sp³-hybridized carbons (Fsp3) is 0.200. The number of amides is 1. The smallest absolute Gasteiger partial charge is 0.348 e. The molecule has 0 fully saturated rings. The molecule has 1 N–H and O–H groups in total. The Bertz CT molecular complexity index is 1020. The Morgan fingerprint density at radius 1 is 1.32 bits per heavy atom. The average Bonchev–Trinajstić information content (AvgIpc) is 2.85. The van der Waals surface area contributed by atoms with Crippen LogP contribution in [0.25, 0.3) is 5.65 Å². The van der Waals surface area contributed by atoms with Crippen molar-refractivity contribution in [3.8, 4) is 0 Å². The van der Waals surface area contributed by atoms with Crippen LogP contribution in [0.4, 0.5) is 4.39 Å². The SMILES string of the molecule is C[C@H](NC(=O)Cn1nc2cc(F)cnn2c1=O)c1ccc(Cl)c(Cl)c1. The van der Waals surface area contributed by atoms with Gasteiger partial charge in [0.15, 0.2) is 5.65 Å². The number of hydrogen-bond acceptors (Lipinski definition) is 4. The van der Waals surface area contributed by atoms with E-state index >= 15 is 0 Å². The Kier molecular flexibility index (Phi) is 4.73. The number of aromatic nitrogens is 4. The zero-order valence-electron chi connectivity index (χ0n) is 12.9. The highest BCUT2D eigenvalue weighted by molar-refractivity contribution is 6.42. The Morgan fingerprint density at radius 2 is 2.08 bits per heavy atom. The molecule has 3 rings (SSSR count). The first-order valence-corrected chi connectivity index (χ1v) is 7.96. The molecule has 130 valence electrons. The molecule has 0 aliphatic carbocycles. The number of benzene rings is 1. The van der Waals surface area contributed by atoms with Gasteiger partial charge in [-0.2, -0.15) is 9.61 Å². The number of nitrogens with zero attached hydrogens (tertiary/aromatic N) is 4. The zero-order valence-corrected chi connectivity index (χ0v) is 14.4. The highest BCUT2D eigenvalue weighted by Gasteiger charge is 2.15. The summed E-state index contributed by atoms with van der Waals surface area (Å²) >= 11 is 11.8. The van der Waals surface area contributed by atoms with E-state index in [1.165, 1.54) is 0 Å². The maximum absolute atomic E-state index is 13.1. The maximum atomic E-state index is 13.1. The molecule has 0 aliphatic heterocycles. The van der Waals surface area contributed by atoms with Gasteiger partial charge < -0.3 is 5.32 Å². The lowest BCUT2D eigenvalue weighted by molar-refractivity contribution is -0.122. The minimum absolute atomic E-state index is 0.0235. The molecule has 0 saturated heterocycles. The number of fused-ring (bicyclic) bond motifs is 1. The van der Waals surface area contributed by atoms with Crippen LogP contribution in [-0.2, 0) is 11.3 Å². The largest absolute Gasteiger partial charge is 0.367 e. The molecule has 10 heteroatoms. The third-order valence-corrected chi connectivity index (χ3v) is 4.26. The summed E-state index contributed by atoms with van der Waals surface area (Å²) in [6.45, 7) is 1.44. The standard InChI is InChI=1S/C15H12Cl2FN5O2/c1-8(9-2-3-11(16)12(17)4-9)20-14(24)7-22-15(25)23-13(21-22)5-10(18)6-19-23/h2-6,8H,7H2,1H3,(H,20,24)/t8-/m0/s1. The highest BCUT2D eigenvalue weighted by Crippen LogP contribution is 2.25. The summed E-state index contributed by atoms with van der Waals surface area (Å²) in [5, 5.41) is 11.0. The van der Waals surface area contributed by atoms with Crippen molar-refractivity contribution in [3.63, 3.8) is 0 Å². The van der Waals surface area contributed by atoms with Crippen molar-refractivity contribution in [3.05, 3.63) is 62.4 Å². The van der Waals surface area contributed by atoms with Crippen LogP contribution in [0.15, 0.2) is 35.3 Å². The second kappa shape index (κ2) is 6.81. The first-order valence-electron chi connectivity index (χ1n) is 7.21. The van der Waals surface area contributed by atoms with Crippen molar-refractivity contribution in [2.24, 2.45) is 0 Å². The van der Waals surface area contributed by atoms with Gasteiger partial charge in [0.1, 0.15) is 12.4 Å². The molecular formula is C15H12Cl2FN5O2. The number of hydrogen-bond donors (Lipinski definition) is 1. The molecule has 7 nitrogen and oxygen atoms in total. The normalized spacial score (nSPS) is 12.3. The summed E-state index contributed by atoms with van der Waals surface area (Å²) in [5.41, 5.74) is 0.150. The predicted molar refractivity (Wildman–Crippen MR) is 90.2 cm³/mol. The second-order valence-corrected chi connectivity index (χ2v) is 6.16. The second-order valence-electron chi connectivity index (χ2n) is 5.35. The minimum atomic E-state index is -0.632. The lowest BCUT2D eigenvalue weighted by atomic mass is 10.1. The van der Waals surface area contributed by atoms with E-state index in [1.807, 2.05) is 0 Å². The molecule has 0 spiro atoms. The number of nitrogens with one attached hydrogen (secondary N) is 1. The molecule has 1 atom stereocenters. The van der Waals surface area contributed by atoms with Gasteiger partial charge in [0, 0.05) is 6.07 Å². The molecule has 2 aromatic heterocycles. The van der Waals surface area contributed by atoms with E-state index in [0.29, 0.717) is 10.0 Å². The number of carbonyl (C=O) groups excluding carboxylic acids is 1. The molecule has 1 aromatic carbocycles. The Labute approximate surface area is 151 Å². The molecule has 1 amide bonds. The van der Waals surface area contributed by atoms with E-state index < -0.39 is 17.4 Å². The van der Waals surface area contributed by atoms with E-state index in [2.05, 4.69) is 15.5 Å². The summed E-state index contributed by atoms with van der Waals surface area (Å²) in [7, 11) is 0. The third kappa shape index (κ3) is 3.64. The first-order chi connectivity index (χ1) is 11.8. The molecular weight excluding hydrogens is 372 g/mol. The number of rotatable bonds is 4. The number of halogens is 3. The molecule has 0 bridgehead atoms. The summed E-state index contributed by atoms with van der Waals surface area (Å²) < 4.78 is 15.0. The van der Waals surface area contributed by atoms with Crippen molar-refractivity contribution in [1.82, 2.24) is 24.7 Å². The van der Waals surface area contributed by atoms with Gasteiger partial charge in [0.25, 0.3) is 0 Å². The van der Waals surface area contributed by atoms with E-state index in [9.17, 15) is 14.0 Å². The van der Waals surface area contributed by atoms with Crippen LogP contribution in [0.5, 0.6) is 0 Å². The monoisotopic (exact) mass is 383 g/mol. The van der Waals surface area contributed by atoms with Crippen LogP contribution in [0, 0.1) is 5.82 Å². The van der Waals surface area contributed by atoms with Gasteiger partial charge in [-0.25, -0.2) is 13.9 Å². The predicted octanol–water partition coefficient (Wildman–Crippen LogP) is 2.21. The average molecular weight is 384 g/mol. The minimum Gasteiger partial charge on any atom is -0.348 e. The fourth-order valence-corrected chi connectivity index (χ4v) is 2.59. The lowest BCUT2D eigenvalue weighted by Gasteiger charge is -2.14. The third-order valence-electron chi connectivity index (χ3n) is 3.52. The molecule has 0 radical (unpaired) electrons. The van der Waals surface area contributed by atoms with Crippen LogP contribution < -0.4 is 11.0 Å². The Morgan fingerprint density at radius 3 is 2.80 bits per heavy atom. The number of carbonyl (C=O) groups is 1. The topological polar surface area (TPSA) is 81.3 Å². The molecule has 0 unspecified atom stereocenters. The van der Waals surface area contributed by atoms with Crippen LogP contribution >= 0.6 is 23.2 Å². The van der Waals surface area contributed by atoms with E-state index in [0.717, 1.165) is 27.0 Å². The van der Waals surface area contributed by atoms with Crippen molar-refractivity contribution >= 4 is 34.8 Å². The summed E-state index contributed by atoms with van der Waals surface area (Å²) in [5.74, 6) is -1.06. The van der Waals surface area contributed by atoms with Crippen LogP contribution in [0.1, 0.15) is 18.5 Å². The Hall–Kier alpha value is -2.45. The van der Waals surface area contributed by atoms with Gasteiger partial charge in [-0.15, -0.1) is 5.10 Å². The van der Waals surface area contributed by atoms with E-state index in [-0.39, 0.29) is 18.2 Å². The van der Waals surface area contributed by atoms with Crippen molar-refractivity contribution in [2.45, 2.75) is 19.5 Å². The quantitative estimate of drug-likeness (QED) is 0.748. The molecule has 2 heterocycles. The van der Waals surface area contributed by atoms with Gasteiger partial charge in [-0.1, -0.05) is 29.3 Å². The summed E-state index contributed by atoms with van der Waals surface area (Å²) in [6.07, 6.45) is 0.896. The summed E-state index contributed by atoms with van der Waals surface area (Å²) in [6, 6.07) is 5.72. The van der Waals surface area contributed by atoms with Crippen molar-refractivity contribution in [1.29, 1.82) is 0 Å². The van der Waals surface area contributed by atoms with Crippen molar-refractivity contribution in [2.75, 3.05) is 0 Å². The fourth-order valence-electron chi connectivity index (χ4n) is 2.28. The van der Waals surface area contributed by atoms with Crippen LogP contribution in [-0.4, -0.2) is 25.3 Å². The van der Waals surface area contributed by atoms with Gasteiger partial charge in [0.2, 0.25) is 5.91 Å². The molecule has 0 aliphatic rings. The van der Waals surface area contributed by atoms with Gasteiger partial charge in [0.05, 0.1) is 22.3 Å².